The second kappa shape index (κ2) is 7.32. The summed E-state index contributed by atoms with van der Waals surface area (Å²) in [6.45, 7) is 1.87. The van der Waals surface area contributed by atoms with E-state index in [4.69, 9.17) is 0 Å². The van der Waals surface area contributed by atoms with Crippen LogP contribution in [0.2, 0.25) is 0 Å². The first-order valence-electron chi connectivity index (χ1n) is 9.01. The van der Waals surface area contributed by atoms with E-state index in [0.717, 1.165) is 52.9 Å². The van der Waals surface area contributed by atoms with Crippen molar-refractivity contribution in [1.29, 1.82) is 0 Å². The van der Waals surface area contributed by atoms with Crippen molar-refractivity contribution in [3.8, 4) is 22.5 Å². The topological polar surface area (TPSA) is 49.7 Å². The fraction of sp³-hybridized carbons (Fsp3) is 0.238. The van der Waals surface area contributed by atoms with Crippen LogP contribution in [0.5, 0.6) is 0 Å². The van der Waals surface area contributed by atoms with E-state index in [9.17, 15) is 4.39 Å². The number of nitrogens with zero attached hydrogens (tertiary/aromatic N) is 4. The maximum atomic E-state index is 13.4. The van der Waals surface area contributed by atoms with Crippen LogP contribution in [0.1, 0.15) is 6.42 Å². The van der Waals surface area contributed by atoms with Crippen molar-refractivity contribution < 1.29 is 4.39 Å². The van der Waals surface area contributed by atoms with Crippen molar-refractivity contribution in [2.75, 3.05) is 20.6 Å². The molecule has 6 heteroatoms. The molecular weight excluding hydrogens is 341 g/mol. The number of hydrogen-bond donors (Lipinski definition) is 1. The number of aryl methyl sites for hydroxylation is 1. The molecule has 0 saturated carbocycles. The molecule has 0 aliphatic heterocycles. The maximum absolute atomic E-state index is 13.4. The zero-order valence-electron chi connectivity index (χ0n) is 15.5. The van der Waals surface area contributed by atoms with E-state index >= 15 is 0 Å². The molecule has 5 nitrogen and oxygen atoms in total. The largest absolute Gasteiger partial charge is 0.330 e. The molecule has 4 rings (SSSR count). The summed E-state index contributed by atoms with van der Waals surface area (Å²) in [4.78, 5) is 6.84. The van der Waals surface area contributed by atoms with Gasteiger partial charge in [-0.3, -0.25) is 5.10 Å². The summed E-state index contributed by atoms with van der Waals surface area (Å²) in [5.74, 6) is -0.245. The van der Waals surface area contributed by atoms with Crippen molar-refractivity contribution >= 4 is 10.9 Å². The second-order valence-electron chi connectivity index (χ2n) is 6.97. The average Bonchev–Trinajstić information content (AvgIpc) is 3.28. The Morgan fingerprint density at radius 1 is 1.07 bits per heavy atom. The number of aromatic amines is 1. The lowest BCUT2D eigenvalue weighted by atomic mass is 10.0. The first-order chi connectivity index (χ1) is 13.1. The Hall–Kier alpha value is -2.99. The number of H-pyrrole nitrogens is 1. The van der Waals surface area contributed by atoms with Crippen LogP contribution in [-0.4, -0.2) is 45.3 Å². The van der Waals surface area contributed by atoms with Gasteiger partial charge in [-0.1, -0.05) is 6.07 Å². The highest BCUT2D eigenvalue weighted by Gasteiger charge is 2.16. The predicted octanol–water partition coefficient (Wildman–Crippen LogP) is 4.18. The van der Waals surface area contributed by atoms with Crippen molar-refractivity contribution in [3.63, 3.8) is 0 Å². The Labute approximate surface area is 157 Å². The molecule has 0 aliphatic carbocycles. The summed E-state index contributed by atoms with van der Waals surface area (Å²) < 4.78 is 15.6. The van der Waals surface area contributed by atoms with Gasteiger partial charge in [-0.2, -0.15) is 5.10 Å². The zero-order valence-corrected chi connectivity index (χ0v) is 15.5. The molecule has 0 aliphatic rings. The number of fused-ring (bicyclic) bond motifs is 1. The van der Waals surface area contributed by atoms with E-state index in [1.54, 1.807) is 12.1 Å². The van der Waals surface area contributed by atoms with Gasteiger partial charge < -0.3 is 9.47 Å². The van der Waals surface area contributed by atoms with Gasteiger partial charge in [0.2, 0.25) is 0 Å². The lowest BCUT2D eigenvalue weighted by molar-refractivity contribution is 0.387. The molecule has 4 aromatic rings. The number of nitrogens with one attached hydrogen (secondary N) is 1. The highest BCUT2D eigenvalue weighted by atomic mass is 19.1. The standard InChI is InChI=1S/C21H22FN5/c1-26(2)10-3-11-27-14-23-20(15-4-7-18(22)8-5-15)21(27)16-6-9-19-17(12-16)13-24-25-19/h4-9,12-14H,3,10-11H2,1-2H3,(H,24,25). The fourth-order valence-electron chi connectivity index (χ4n) is 3.32. The van der Waals surface area contributed by atoms with Gasteiger partial charge in [0.25, 0.3) is 0 Å². The number of imidazole rings is 1. The summed E-state index contributed by atoms with van der Waals surface area (Å²) in [7, 11) is 4.15. The third-order valence-electron chi connectivity index (χ3n) is 4.67. The first-order valence-corrected chi connectivity index (χ1v) is 9.01. The van der Waals surface area contributed by atoms with E-state index in [1.165, 1.54) is 12.1 Å². The highest BCUT2D eigenvalue weighted by Crippen LogP contribution is 2.33. The molecule has 0 amide bonds. The predicted molar refractivity (Wildman–Crippen MR) is 106 cm³/mol. The summed E-state index contributed by atoms with van der Waals surface area (Å²) >= 11 is 0. The molecule has 0 saturated heterocycles. The van der Waals surface area contributed by atoms with Gasteiger partial charge in [-0.05, 0) is 63.5 Å². The molecule has 27 heavy (non-hydrogen) atoms. The summed E-state index contributed by atoms with van der Waals surface area (Å²) in [5, 5.41) is 8.15. The van der Waals surface area contributed by atoms with Crippen LogP contribution in [0.15, 0.2) is 55.0 Å². The zero-order chi connectivity index (χ0) is 18.8. The molecule has 2 heterocycles. The van der Waals surface area contributed by atoms with E-state index in [0.29, 0.717) is 0 Å². The van der Waals surface area contributed by atoms with Gasteiger partial charge in [0.15, 0.2) is 0 Å². The third-order valence-corrected chi connectivity index (χ3v) is 4.67. The van der Waals surface area contributed by atoms with Gasteiger partial charge in [0.05, 0.1) is 29.4 Å². The van der Waals surface area contributed by atoms with Crippen LogP contribution in [0, 0.1) is 5.82 Å². The van der Waals surface area contributed by atoms with Gasteiger partial charge in [-0.15, -0.1) is 0 Å². The monoisotopic (exact) mass is 363 g/mol. The Bertz CT molecular complexity index is 1050. The molecular formula is C21H22FN5. The maximum Gasteiger partial charge on any atom is 0.123 e. The minimum atomic E-state index is -0.245. The molecule has 1 N–H and O–H groups in total. The van der Waals surface area contributed by atoms with Crippen LogP contribution in [0.25, 0.3) is 33.4 Å². The summed E-state index contributed by atoms with van der Waals surface area (Å²) in [6.07, 6.45) is 4.72. The molecule has 0 spiro atoms. The van der Waals surface area contributed by atoms with Crippen LogP contribution >= 0.6 is 0 Å². The quantitative estimate of drug-likeness (QED) is 0.559. The van der Waals surface area contributed by atoms with Gasteiger partial charge >= 0.3 is 0 Å². The van der Waals surface area contributed by atoms with E-state index in [-0.39, 0.29) is 5.82 Å². The van der Waals surface area contributed by atoms with Crippen molar-refractivity contribution in [2.45, 2.75) is 13.0 Å². The number of halogens is 1. The average molecular weight is 363 g/mol. The highest BCUT2D eigenvalue weighted by molar-refractivity contribution is 5.87. The van der Waals surface area contributed by atoms with Crippen molar-refractivity contribution in [1.82, 2.24) is 24.6 Å². The minimum absolute atomic E-state index is 0.245. The van der Waals surface area contributed by atoms with E-state index < -0.39 is 0 Å². The lowest BCUT2D eigenvalue weighted by Gasteiger charge is -2.13. The smallest absolute Gasteiger partial charge is 0.123 e. The Balaban J connectivity index is 1.79. The number of rotatable bonds is 6. The molecule has 2 aromatic carbocycles. The third kappa shape index (κ3) is 3.61. The molecule has 138 valence electrons. The van der Waals surface area contributed by atoms with Gasteiger partial charge in [-0.25, -0.2) is 9.37 Å². The Morgan fingerprint density at radius 3 is 2.63 bits per heavy atom. The molecule has 2 aromatic heterocycles. The molecule has 0 bridgehead atoms. The normalized spacial score (nSPS) is 11.6. The first kappa shape index (κ1) is 17.4. The molecule has 0 fully saturated rings. The minimum Gasteiger partial charge on any atom is -0.330 e. The van der Waals surface area contributed by atoms with Crippen LogP contribution < -0.4 is 0 Å². The Kier molecular flexibility index (Phi) is 4.73. The summed E-state index contributed by atoms with van der Waals surface area (Å²) in [6, 6.07) is 12.7. The number of benzene rings is 2. The number of hydrogen-bond acceptors (Lipinski definition) is 3. The SMILES string of the molecule is CN(C)CCCn1cnc(-c2ccc(F)cc2)c1-c1ccc2[nH]ncc2c1. The van der Waals surface area contributed by atoms with Crippen LogP contribution in [0.3, 0.4) is 0 Å². The van der Waals surface area contributed by atoms with Crippen LogP contribution in [0.4, 0.5) is 4.39 Å². The summed E-state index contributed by atoms with van der Waals surface area (Å²) in [5.41, 5.74) is 4.89. The molecule has 0 unspecified atom stereocenters. The molecule has 0 radical (unpaired) electrons. The van der Waals surface area contributed by atoms with Gasteiger partial charge in [0, 0.05) is 23.1 Å². The number of aromatic nitrogens is 4. The van der Waals surface area contributed by atoms with Crippen LogP contribution in [-0.2, 0) is 6.54 Å². The van der Waals surface area contributed by atoms with Crippen molar-refractivity contribution in [2.24, 2.45) is 0 Å². The second-order valence-corrected chi connectivity index (χ2v) is 6.97. The van der Waals surface area contributed by atoms with Gasteiger partial charge in [0.1, 0.15) is 5.82 Å². The van der Waals surface area contributed by atoms with Crippen molar-refractivity contribution in [3.05, 3.63) is 60.8 Å². The molecule has 0 atom stereocenters. The van der Waals surface area contributed by atoms with E-state index in [2.05, 4.69) is 50.9 Å². The lowest BCUT2D eigenvalue weighted by Crippen LogP contribution is -2.15. The Morgan fingerprint density at radius 2 is 1.85 bits per heavy atom. The fourth-order valence-corrected chi connectivity index (χ4v) is 3.32. The van der Waals surface area contributed by atoms with E-state index in [1.807, 2.05) is 18.6 Å².